The number of hydrogen-bond acceptors (Lipinski definition) is 2. The molecule has 0 atom stereocenters. The SMILES string of the molecule is [CH2]c1nccc(Br)n1. The monoisotopic (exact) mass is 171 g/mol. The quantitative estimate of drug-likeness (QED) is 0.553. The molecule has 41 valence electrons. The van der Waals surface area contributed by atoms with Gasteiger partial charge in [-0.3, -0.25) is 0 Å². The summed E-state index contributed by atoms with van der Waals surface area (Å²) in [4.78, 5) is 7.66. The van der Waals surface area contributed by atoms with Gasteiger partial charge in [0.05, 0.1) is 0 Å². The highest BCUT2D eigenvalue weighted by molar-refractivity contribution is 9.10. The van der Waals surface area contributed by atoms with Gasteiger partial charge in [-0.2, -0.15) is 0 Å². The molecule has 1 radical (unpaired) electrons. The highest BCUT2D eigenvalue weighted by Gasteiger charge is 1.85. The van der Waals surface area contributed by atoms with Gasteiger partial charge < -0.3 is 0 Å². The zero-order valence-electron chi connectivity index (χ0n) is 4.13. The number of rotatable bonds is 0. The van der Waals surface area contributed by atoms with E-state index in [0.717, 1.165) is 4.60 Å². The summed E-state index contributed by atoms with van der Waals surface area (Å²) in [6.07, 6.45) is 1.65. The lowest BCUT2D eigenvalue weighted by molar-refractivity contribution is 1.08. The van der Waals surface area contributed by atoms with Crippen LogP contribution in [0.5, 0.6) is 0 Å². The van der Waals surface area contributed by atoms with Crippen LogP contribution < -0.4 is 0 Å². The van der Waals surface area contributed by atoms with Crippen LogP contribution >= 0.6 is 15.9 Å². The maximum Gasteiger partial charge on any atom is 0.130 e. The number of nitrogens with zero attached hydrogens (tertiary/aromatic N) is 2. The maximum absolute atomic E-state index is 3.87. The normalized spacial score (nSPS) is 9.25. The van der Waals surface area contributed by atoms with E-state index in [1.54, 1.807) is 12.3 Å². The minimum absolute atomic E-state index is 0.541. The summed E-state index contributed by atoms with van der Waals surface area (Å²) in [6.45, 7) is 3.53. The topological polar surface area (TPSA) is 25.8 Å². The Morgan fingerprint density at radius 1 is 1.62 bits per heavy atom. The molecule has 2 nitrogen and oxygen atoms in total. The fraction of sp³-hybridized carbons (Fsp3) is 0. The van der Waals surface area contributed by atoms with Crippen LogP contribution in [0.2, 0.25) is 0 Å². The van der Waals surface area contributed by atoms with Crippen LogP contribution in [0.1, 0.15) is 5.82 Å². The summed E-state index contributed by atoms with van der Waals surface area (Å²) >= 11 is 3.17. The molecule has 0 fully saturated rings. The van der Waals surface area contributed by atoms with Crippen molar-refractivity contribution in [1.29, 1.82) is 0 Å². The molecule has 8 heavy (non-hydrogen) atoms. The minimum atomic E-state index is 0.541. The summed E-state index contributed by atoms with van der Waals surface area (Å²) in [7, 11) is 0. The average molecular weight is 172 g/mol. The van der Waals surface area contributed by atoms with Crippen molar-refractivity contribution < 1.29 is 0 Å². The third-order valence-electron chi connectivity index (χ3n) is 0.671. The van der Waals surface area contributed by atoms with E-state index in [-0.39, 0.29) is 0 Å². The first-order valence-electron chi connectivity index (χ1n) is 2.09. The van der Waals surface area contributed by atoms with E-state index in [0.29, 0.717) is 5.82 Å². The molecule has 0 aromatic carbocycles. The zero-order chi connectivity index (χ0) is 5.98. The van der Waals surface area contributed by atoms with Crippen LogP contribution in [0.25, 0.3) is 0 Å². The Morgan fingerprint density at radius 3 is 2.75 bits per heavy atom. The maximum atomic E-state index is 3.87. The largest absolute Gasteiger partial charge is 0.241 e. The van der Waals surface area contributed by atoms with E-state index < -0.39 is 0 Å². The first kappa shape index (κ1) is 5.69. The molecule has 0 spiro atoms. The van der Waals surface area contributed by atoms with Crippen molar-refractivity contribution in [3.05, 3.63) is 29.6 Å². The van der Waals surface area contributed by atoms with Gasteiger partial charge in [0.1, 0.15) is 10.4 Å². The Kier molecular flexibility index (Phi) is 1.58. The second kappa shape index (κ2) is 2.22. The predicted molar refractivity (Wildman–Crippen MR) is 34.2 cm³/mol. The van der Waals surface area contributed by atoms with Gasteiger partial charge in [-0.1, -0.05) is 0 Å². The summed E-state index contributed by atoms with van der Waals surface area (Å²) in [5, 5.41) is 0. The van der Waals surface area contributed by atoms with Crippen LogP contribution in [0.15, 0.2) is 16.9 Å². The van der Waals surface area contributed by atoms with Gasteiger partial charge in [-0.15, -0.1) is 0 Å². The van der Waals surface area contributed by atoms with Crippen molar-refractivity contribution in [3.8, 4) is 0 Å². The van der Waals surface area contributed by atoms with Crippen molar-refractivity contribution in [2.24, 2.45) is 0 Å². The third-order valence-corrected chi connectivity index (χ3v) is 1.11. The second-order valence-electron chi connectivity index (χ2n) is 1.30. The number of aromatic nitrogens is 2. The Bertz CT molecular complexity index is 170. The smallest absolute Gasteiger partial charge is 0.130 e. The summed E-state index contributed by atoms with van der Waals surface area (Å²) in [5.74, 6) is 0.541. The van der Waals surface area contributed by atoms with Crippen LogP contribution in [0, 0.1) is 6.92 Å². The molecule has 0 bridgehead atoms. The van der Waals surface area contributed by atoms with E-state index in [9.17, 15) is 0 Å². The molecule has 0 aliphatic carbocycles. The lowest BCUT2D eigenvalue weighted by Crippen LogP contribution is -1.83. The van der Waals surface area contributed by atoms with E-state index >= 15 is 0 Å². The van der Waals surface area contributed by atoms with Crippen LogP contribution in [-0.2, 0) is 0 Å². The lowest BCUT2D eigenvalue weighted by Gasteiger charge is -1.87. The van der Waals surface area contributed by atoms with Gasteiger partial charge in [0, 0.05) is 13.1 Å². The van der Waals surface area contributed by atoms with Crippen molar-refractivity contribution in [2.75, 3.05) is 0 Å². The summed E-state index contributed by atoms with van der Waals surface area (Å²) < 4.78 is 0.775. The molecule has 1 aromatic rings. The standard InChI is InChI=1S/C5H4BrN2/c1-4-7-3-2-5(6)8-4/h2-3H,1H2. The zero-order valence-corrected chi connectivity index (χ0v) is 5.72. The molecule has 3 heteroatoms. The van der Waals surface area contributed by atoms with Crippen molar-refractivity contribution in [1.82, 2.24) is 9.97 Å². The van der Waals surface area contributed by atoms with Crippen molar-refractivity contribution >= 4 is 15.9 Å². The van der Waals surface area contributed by atoms with E-state index in [4.69, 9.17) is 0 Å². The molecule has 0 aliphatic heterocycles. The molecular formula is C5H4BrN2. The van der Waals surface area contributed by atoms with Gasteiger partial charge >= 0.3 is 0 Å². The third kappa shape index (κ3) is 1.26. The summed E-state index contributed by atoms with van der Waals surface area (Å²) in [5.41, 5.74) is 0. The van der Waals surface area contributed by atoms with Crippen LogP contribution in [-0.4, -0.2) is 9.97 Å². The molecule has 0 N–H and O–H groups in total. The Morgan fingerprint density at radius 2 is 2.38 bits per heavy atom. The lowest BCUT2D eigenvalue weighted by atomic mass is 10.6. The van der Waals surface area contributed by atoms with Gasteiger partial charge in [-0.05, 0) is 22.0 Å². The predicted octanol–water partition coefficient (Wildman–Crippen LogP) is 1.42. The Labute approximate surface area is 56.1 Å². The Hall–Kier alpha value is -0.440. The number of halogens is 1. The minimum Gasteiger partial charge on any atom is -0.241 e. The fourth-order valence-electron chi connectivity index (χ4n) is 0.374. The summed E-state index contributed by atoms with van der Waals surface area (Å²) in [6, 6.07) is 1.76. The molecule has 0 aliphatic rings. The molecule has 0 saturated carbocycles. The highest BCUT2D eigenvalue weighted by Crippen LogP contribution is 2.01. The molecule has 1 heterocycles. The molecule has 1 rings (SSSR count). The van der Waals surface area contributed by atoms with Gasteiger partial charge in [0.15, 0.2) is 0 Å². The van der Waals surface area contributed by atoms with Gasteiger partial charge in [0.25, 0.3) is 0 Å². The Balaban J connectivity index is 3.08. The second-order valence-corrected chi connectivity index (χ2v) is 2.11. The molecule has 0 amide bonds. The van der Waals surface area contributed by atoms with Crippen LogP contribution in [0.4, 0.5) is 0 Å². The van der Waals surface area contributed by atoms with E-state index in [1.807, 2.05) is 0 Å². The van der Waals surface area contributed by atoms with Gasteiger partial charge in [-0.25, -0.2) is 9.97 Å². The highest BCUT2D eigenvalue weighted by atomic mass is 79.9. The molecule has 1 aromatic heterocycles. The van der Waals surface area contributed by atoms with E-state index in [1.165, 1.54) is 0 Å². The van der Waals surface area contributed by atoms with Crippen LogP contribution in [0.3, 0.4) is 0 Å². The van der Waals surface area contributed by atoms with Crippen molar-refractivity contribution in [3.63, 3.8) is 0 Å². The molecular weight excluding hydrogens is 168 g/mol. The van der Waals surface area contributed by atoms with Gasteiger partial charge in [0.2, 0.25) is 0 Å². The average Bonchev–Trinajstić information content (AvgIpc) is 1.64. The molecule has 0 saturated heterocycles. The molecule has 0 unspecified atom stereocenters. The fourth-order valence-corrected chi connectivity index (χ4v) is 0.697. The van der Waals surface area contributed by atoms with Crippen molar-refractivity contribution in [2.45, 2.75) is 0 Å². The first-order chi connectivity index (χ1) is 3.79. The van der Waals surface area contributed by atoms with E-state index in [2.05, 4.69) is 32.8 Å². The number of hydrogen-bond donors (Lipinski definition) is 0. The first-order valence-corrected chi connectivity index (χ1v) is 2.89.